The first-order chi connectivity index (χ1) is 12.7. The highest BCUT2D eigenvalue weighted by Crippen LogP contribution is 2.31. The summed E-state index contributed by atoms with van der Waals surface area (Å²) >= 11 is 0. The Morgan fingerprint density at radius 3 is 2.48 bits per heavy atom. The number of carbonyl (C=O) groups is 2. The smallest absolute Gasteiger partial charge is 0.371 e. The minimum atomic E-state index is -1.12. The Balaban J connectivity index is 1.84. The Bertz CT molecular complexity index is 816. The van der Waals surface area contributed by atoms with Crippen LogP contribution in [0.2, 0.25) is 0 Å². The average molecular weight is 371 g/mol. The fourth-order valence-corrected chi connectivity index (χ4v) is 3.12. The van der Waals surface area contributed by atoms with Crippen molar-refractivity contribution in [2.75, 3.05) is 6.61 Å². The summed E-state index contributed by atoms with van der Waals surface area (Å²) in [5.41, 5.74) is 2.10. The van der Waals surface area contributed by atoms with Crippen LogP contribution in [-0.4, -0.2) is 29.6 Å². The van der Waals surface area contributed by atoms with Gasteiger partial charge in [0.15, 0.2) is 0 Å². The van der Waals surface area contributed by atoms with E-state index in [-0.39, 0.29) is 23.1 Å². The second kappa shape index (κ2) is 7.56. The van der Waals surface area contributed by atoms with Gasteiger partial charge in [0, 0.05) is 6.42 Å². The second-order valence-corrected chi connectivity index (χ2v) is 7.90. The molecule has 2 aromatic rings. The van der Waals surface area contributed by atoms with Crippen LogP contribution < -0.4 is 5.32 Å². The molecule has 27 heavy (non-hydrogen) atoms. The summed E-state index contributed by atoms with van der Waals surface area (Å²) in [7, 11) is 0. The molecule has 1 unspecified atom stereocenters. The molecule has 1 aliphatic rings. The fraction of sp³-hybridized carbons (Fsp3) is 0.429. The molecule has 3 rings (SSSR count). The summed E-state index contributed by atoms with van der Waals surface area (Å²) in [4.78, 5) is 22.5. The molecule has 1 fully saturated rings. The molecule has 1 saturated heterocycles. The summed E-state index contributed by atoms with van der Waals surface area (Å²) in [6.07, 6.45) is 0.695. The molecular weight excluding hydrogens is 346 g/mol. The molecule has 2 N–H and O–H groups in total. The molecular formula is C21H25NO5. The summed E-state index contributed by atoms with van der Waals surface area (Å²) in [6.45, 7) is 6.76. The summed E-state index contributed by atoms with van der Waals surface area (Å²) in [5.74, 6) is -0.786. The number of nitrogens with one attached hydrogen (secondary N) is 1. The van der Waals surface area contributed by atoms with Crippen LogP contribution in [0.3, 0.4) is 0 Å². The third-order valence-corrected chi connectivity index (χ3v) is 4.72. The number of furan rings is 1. The van der Waals surface area contributed by atoms with E-state index in [0.717, 1.165) is 12.0 Å². The highest BCUT2D eigenvalue weighted by molar-refractivity contribution is 5.84. The van der Waals surface area contributed by atoms with Gasteiger partial charge in [-0.2, -0.15) is 0 Å². The number of rotatable bonds is 6. The van der Waals surface area contributed by atoms with Crippen molar-refractivity contribution in [2.45, 2.75) is 51.2 Å². The normalized spacial score (nSPS) is 18.3. The van der Waals surface area contributed by atoms with Gasteiger partial charge < -0.3 is 19.6 Å². The summed E-state index contributed by atoms with van der Waals surface area (Å²) in [6, 6.07) is 11.0. The summed E-state index contributed by atoms with van der Waals surface area (Å²) in [5, 5.41) is 12.0. The molecule has 0 radical (unpaired) electrons. The van der Waals surface area contributed by atoms with Crippen molar-refractivity contribution in [1.82, 2.24) is 5.32 Å². The third-order valence-electron chi connectivity index (χ3n) is 4.72. The SMILES string of the molecule is CC(C)(C)c1ccc(C(OC[C@H]2CCC(=O)N2)c2ccc(C(=O)O)o2)cc1. The summed E-state index contributed by atoms with van der Waals surface area (Å²) < 4.78 is 11.5. The lowest BCUT2D eigenvalue weighted by Crippen LogP contribution is -2.30. The van der Waals surface area contributed by atoms with Gasteiger partial charge in [-0.3, -0.25) is 4.79 Å². The number of hydrogen-bond acceptors (Lipinski definition) is 4. The van der Waals surface area contributed by atoms with Crippen molar-refractivity contribution in [1.29, 1.82) is 0 Å². The number of hydrogen-bond donors (Lipinski definition) is 2. The Morgan fingerprint density at radius 1 is 1.26 bits per heavy atom. The van der Waals surface area contributed by atoms with E-state index in [1.165, 1.54) is 11.6 Å². The van der Waals surface area contributed by atoms with Crippen molar-refractivity contribution in [2.24, 2.45) is 0 Å². The third kappa shape index (κ3) is 4.57. The molecule has 2 atom stereocenters. The van der Waals surface area contributed by atoms with Crippen LogP contribution in [0.4, 0.5) is 0 Å². The van der Waals surface area contributed by atoms with Crippen LogP contribution in [0.25, 0.3) is 0 Å². The van der Waals surface area contributed by atoms with Gasteiger partial charge in [0.25, 0.3) is 0 Å². The van der Waals surface area contributed by atoms with E-state index in [4.69, 9.17) is 14.3 Å². The standard InChI is InChI=1S/C21H25NO5/c1-21(2,3)14-6-4-13(5-7-14)19(16-9-10-17(27-16)20(24)25)26-12-15-8-11-18(23)22-15/h4-7,9-10,15,19H,8,11-12H2,1-3H3,(H,22,23)(H,24,25)/t15-,19?/m1/s1. The van der Waals surface area contributed by atoms with E-state index in [0.29, 0.717) is 18.8 Å². The van der Waals surface area contributed by atoms with Crippen molar-refractivity contribution in [3.05, 3.63) is 59.0 Å². The predicted octanol–water partition coefficient (Wildman–Crippen LogP) is 3.66. The van der Waals surface area contributed by atoms with Gasteiger partial charge in [0.05, 0.1) is 12.6 Å². The fourth-order valence-electron chi connectivity index (χ4n) is 3.12. The Labute approximate surface area is 158 Å². The van der Waals surface area contributed by atoms with E-state index < -0.39 is 12.1 Å². The van der Waals surface area contributed by atoms with Crippen LogP contribution in [-0.2, 0) is 14.9 Å². The number of carboxylic acids is 1. The second-order valence-electron chi connectivity index (χ2n) is 7.90. The molecule has 1 aromatic heterocycles. The minimum absolute atomic E-state index is 0.0286. The van der Waals surface area contributed by atoms with Crippen molar-refractivity contribution in [3.8, 4) is 0 Å². The quantitative estimate of drug-likeness (QED) is 0.809. The largest absolute Gasteiger partial charge is 0.475 e. The predicted molar refractivity (Wildman–Crippen MR) is 99.8 cm³/mol. The van der Waals surface area contributed by atoms with Crippen LogP contribution in [0.15, 0.2) is 40.8 Å². The molecule has 6 nitrogen and oxygen atoms in total. The number of benzene rings is 1. The number of amides is 1. The van der Waals surface area contributed by atoms with Gasteiger partial charge in [-0.05, 0) is 35.1 Å². The highest BCUT2D eigenvalue weighted by atomic mass is 16.5. The van der Waals surface area contributed by atoms with E-state index >= 15 is 0 Å². The van der Waals surface area contributed by atoms with Crippen molar-refractivity contribution in [3.63, 3.8) is 0 Å². The van der Waals surface area contributed by atoms with Gasteiger partial charge in [0.1, 0.15) is 11.9 Å². The molecule has 0 saturated carbocycles. The Kier molecular flexibility index (Phi) is 5.37. The minimum Gasteiger partial charge on any atom is -0.475 e. The first kappa shape index (κ1) is 19.2. The maximum absolute atomic E-state index is 11.4. The maximum atomic E-state index is 11.4. The molecule has 6 heteroatoms. The monoisotopic (exact) mass is 371 g/mol. The molecule has 1 amide bonds. The lowest BCUT2D eigenvalue weighted by atomic mass is 9.86. The van der Waals surface area contributed by atoms with E-state index in [9.17, 15) is 9.59 Å². The van der Waals surface area contributed by atoms with Crippen LogP contribution in [0, 0.1) is 0 Å². The number of carboxylic acid groups (broad SMARTS) is 1. The zero-order valence-corrected chi connectivity index (χ0v) is 15.8. The molecule has 0 spiro atoms. The van der Waals surface area contributed by atoms with E-state index in [2.05, 4.69) is 26.1 Å². The van der Waals surface area contributed by atoms with Crippen LogP contribution >= 0.6 is 0 Å². The number of aromatic carboxylic acids is 1. The first-order valence-corrected chi connectivity index (χ1v) is 9.08. The molecule has 1 aromatic carbocycles. The Morgan fingerprint density at radius 2 is 1.96 bits per heavy atom. The van der Waals surface area contributed by atoms with Crippen molar-refractivity contribution >= 4 is 11.9 Å². The van der Waals surface area contributed by atoms with Gasteiger partial charge in [0.2, 0.25) is 11.7 Å². The number of carbonyl (C=O) groups excluding carboxylic acids is 1. The number of ether oxygens (including phenoxy) is 1. The maximum Gasteiger partial charge on any atom is 0.371 e. The molecule has 1 aliphatic heterocycles. The molecule has 0 bridgehead atoms. The van der Waals surface area contributed by atoms with E-state index in [1.807, 2.05) is 24.3 Å². The van der Waals surface area contributed by atoms with Gasteiger partial charge in [-0.25, -0.2) is 4.79 Å². The zero-order valence-electron chi connectivity index (χ0n) is 15.8. The van der Waals surface area contributed by atoms with Crippen LogP contribution in [0.5, 0.6) is 0 Å². The zero-order chi connectivity index (χ0) is 19.6. The van der Waals surface area contributed by atoms with Gasteiger partial charge in [-0.15, -0.1) is 0 Å². The average Bonchev–Trinajstić information content (AvgIpc) is 3.24. The van der Waals surface area contributed by atoms with Crippen LogP contribution in [0.1, 0.15) is 67.2 Å². The molecule has 144 valence electrons. The lowest BCUT2D eigenvalue weighted by Gasteiger charge is -2.22. The van der Waals surface area contributed by atoms with Gasteiger partial charge in [-0.1, -0.05) is 45.0 Å². The van der Waals surface area contributed by atoms with Crippen molar-refractivity contribution < 1.29 is 23.8 Å². The van der Waals surface area contributed by atoms with Gasteiger partial charge >= 0.3 is 5.97 Å². The lowest BCUT2D eigenvalue weighted by molar-refractivity contribution is -0.119. The highest BCUT2D eigenvalue weighted by Gasteiger charge is 2.26. The molecule has 0 aliphatic carbocycles. The molecule has 2 heterocycles. The first-order valence-electron chi connectivity index (χ1n) is 9.08. The topological polar surface area (TPSA) is 88.8 Å². The van der Waals surface area contributed by atoms with E-state index in [1.54, 1.807) is 6.07 Å². The Hall–Kier alpha value is -2.60.